The van der Waals surface area contributed by atoms with Gasteiger partial charge in [0, 0.05) is 0 Å². The van der Waals surface area contributed by atoms with E-state index in [0.717, 1.165) is 19.3 Å². The first kappa shape index (κ1) is 15.4. The van der Waals surface area contributed by atoms with Gasteiger partial charge in [0.2, 0.25) is 0 Å². The number of aliphatic carboxylic acids is 1. The first-order valence-corrected chi connectivity index (χ1v) is 7.34. The second-order valence-electron chi connectivity index (χ2n) is 5.57. The highest BCUT2D eigenvalue weighted by Gasteiger charge is 2.43. The van der Waals surface area contributed by atoms with Crippen LogP contribution in [0.25, 0.3) is 0 Å². The van der Waals surface area contributed by atoms with Gasteiger partial charge in [0.25, 0.3) is 0 Å². The molecule has 1 amide bonds. The Morgan fingerprint density at radius 2 is 1.90 bits per heavy atom. The van der Waals surface area contributed by atoms with Crippen LogP contribution in [-0.2, 0) is 4.79 Å². The summed E-state index contributed by atoms with van der Waals surface area (Å²) < 4.78 is 5.13. The summed E-state index contributed by atoms with van der Waals surface area (Å²) >= 11 is 0. The van der Waals surface area contributed by atoms with Crippen molar-refractivity contribution in [2.24, 2.45) is 5.92 Å². The Labute approximate surface area is 124 Å². The quantitative estimate of drug-likeness (QED) is 0.893. The lowest BCUT2D eigenvalue weighted by Gasteiger charge is -2.36. The zero-order valence-electron chi connectivity index (χ0n) is 12.2. The van der Waals surface area contributed by atoms with Crippen LogP contribution in [0, 0.1) is 5.92 Å². The van der Waals surface area contributed by atoms with Gasteiger partial charge >= 0.3 is 12.1 Å². The lowest BCUT2D eigenvalue weighted by molar-refractivity contribution is -0.146. The third-order valence-corrected chi connectivity index (χ3v) is 4.24. The Kier molecular flexibility index (Phi) is 4.83. The molecule has 0 spiro atoms. The van der Waals surface area contributed by atoms with Crippen LogP contribution >= 0.6 is 0 Å². The standard InChI is InChI=1S/C16H21NO4/c1-2-12-8-10-16(11-9-12,14(18)19)17-15(20)21-13-6-4-3-5-7-13/h3-7,12H,2,8-11H2,1H3,(H,17,20)(H,18,19). The van der Waals surface area contributed by atoms with Crippen LogP contribution in [0.3, 0.4) is 0 Å². The molecule has 1 aliphatic carbocycles. The summed E-state index contributed by atoms with van der Waals surface area (Å²) in [6, 6.07) is 8.63. The van der Waals surface area contributed by atoms with Crippen molar-refractivity contribution in [3.05, 3.63) is 30.3 Å². The fourth-order valence-corrected chi connectivity index (χ4v) is 2.79. The summed E-state index contributed by atoms with van der Waals surface area (Å²) in [5.41, 5.74) is -1.20. The molecular formula is C16H21NO4. The highest BCUT2D eigenvalue weighted by atomic mass is 16.6. The van der Waals surface area contributed by atoms with Gasteiger partial charge in [-0.05, 0) is 43.7 Å². The molecule has 0 saturated heterocycles. The number of carbonyl (C=O) groups excluding carboxylic acids is 1. The summed E-state index contributed by atoms with van der Waals surface area (Å²) in [5.74, 6) is -0.0377. The molecule has 5 heteroatoms. The van der Waals surface area contributed by atoms with Crippen molar-refractivity contribution < 1.29 is 19.4 Å². The van der Waals surface area contributed by atoms with Gasteiger partial charge in [-0.25, -0.2) is 9.59 Å². The minimum absolute atomic E-state index is 0.401. The molecule has 1 saturated carbocycles. The Morgan fingerprint density at radius 1 is 1.29 bits per heavy atom. The SMILES string of the molecule is CCC1CCC(NC(=O)Oc2ccccc2)(C(=O)O)CC1. The number of rotatable bonds is 4. The largest absolute Gasteiger partial charge is 0.480 e. The van der Waals surface area contributed by atoms with Crippen LogP contribution in [0.4, 0.5) is 4.79 Å². The first-order valence-electron chi connectivity index (χ1n) is 7.34. The Hall–Kier alpha value is -2.04. The fraction of sp³-hybridized carbons (Fsp3) is 0.500. The number of para-hydroxylation sites is 1. The van der Waals surface area contributed by atoms with Gasteiger partial charge in [-0.3, -0.25) is 0 Å². The molecule has 1 aliphatic rings. The van der Waals surface area contributed by atoms with Crippen molar-refractivity contribution >= 4 is 12.1 Å². The maximum atomic E-state index is 11.9. The highest BCUT2D eigenvalue weighted by Crippen LogP contribution is 2.34. The molecule has 114 valence electrons. The Bertz CT molecular complexity index is 492. The molecule has 0 bridgehead atoms. The van der Waals surface area contributed by atoms with Gasteiger partial charge in [0.05, 0.1) is 0 Å². The summed E-state index contributed by atoms with van der Waals surface area (Å²) in [5, 5.41) is 12.1. The molecule has 0 radical (unpaired) electrons. The van der Waals surface area contributed by atoms with Crippen LogP contribution in [-0.4, -0.2) is 22.7 Å². The van der Waals surface area contributed by atoms with E-state index in [1.54, 1.807) is 24.3 Å². The van der Waals surface area contributed by atoms with Gasteiger partial charge in [-0.15, -0.1) is 0 Å². The van der Waals surface area contributed by atoms with Crippen molar-refractivity contribution in [3.8, 4) is 5.75 Å². The molecule has 0 unspecified atom stereocenters. The molecule has 0 atom stereocenters. The Balaban J connectivity index is 2.00. The third-order valence-electron chi connectivity index (χ3n) is 4.24. The number of carboxylic acids is 1. The van der Waals surface area contributed by atoms with Crippen LogP contribution in [0.1, 0.15) is 39.0 Å². The average molecular weight is 291 g/mol. The first-order chi connectivity index (χ1) is 10.1. The average Bonchev–Trinajstić information content (AvgIpc) is 2.48. The molecule has 2 N–H and O–H groups in total. The summed E-state index contributed by atoms with van der Waals surface area (Å²) in [4.78, 5) is 23.5. The second kappa shape index (κ2) is 6.61. The fourth-order valence-electron chi connectivity index (χ4n) is 2.79. The predicted octanol–water partition coefficient (Wildman–Crippen LogP) is 3.20. The number of carbonyl (C=O) groups is 2. The number of benzene rings is 1. The van der Waals surface area contributed by atoms with E-state index in [0.29, 0.717) is 24.5 Å². The van der Waals surface area contributed by atoms with Crippen LogP contribution < -0.4 is 10.1 Å². The summed E-state index contributed by atoms with van der Waals surface area (Å²) in [6.07, 6.45) is 2.86. The van der Waals surface area contributed by atoms with E-state index < -0.39 is 17.6 Å². The van der Waals surface area contributed by atoms with E-state index in [4.69, 9.17) is 4.74 Å². The monoisotopic (exact) mass is 291 g/mol. The van der Waals surface area contributed by atoms with Crippen molar-refractivity contribution in [1.29, 1.82) is 0 Å². The molecular weight excluding hydrogens is 270 g/mol. The lowest BCUT2D eigenvalue weighted by Crippen LogP contribution is -2.57. The smallest absolute Gasteiger partial charge is 0.413 e. The number of hydrogen-bond acceptors (Lipinski definition) is 3. The van der Waals surface area contributed by atoms with Gasteiger partial charge in [0.1, 0.15) is 11.3 Å². The minimum Gasteiger partial charge on any atom is -0.480 e. The number of nitrogens with one attached hydrogen (secondary N) is 1. The zero-order chi connectivity index (χ0) is 15.3. The summed E-state index contributed by atoms with van der Waals surface area (Å²) in [6.45, 7) is 2.11. The van der Waals surface area contributed by atoms with Gasteiger partial charge in [-0.1, -0.05) is 31.5 Å². The summed E-state index contributed by atoms with van der Waals surface area (Å²) in [7, 11) is 0. The van der Waals surface area contributed by atoms with Crippen molar-refractivity contribution in [1.82, 2.24) is 5.32 Å². The lowest BCUT2D eigenvalue weighted by atomic mass is 9.75. The normalized spacial score (nSPS) is 25.1. The van der Waals surface area contributed by atoms with Gasteiger partial charge in [-0.2, -0.15) is 0 Å². The third kappa shape index (κ3) is 3.74. The molecule has 1 aromatic rings. The molecule has 1 aromatic carbocycles. The van der Waals surface area contributed by atoms with E-state index in [9.17, 15) is 14.7 Å². The second-order valence-corrected chi connectivity index (χ2v) is 5.57. The minimum atomic E-state index is -1.20. The molecule has 2 rings (SSSR count). The topological polar surface area (TPSA) is 75.6 Å². The van der Waals surface area contributed by atoms with Crippen LogP contribution in [0.2, 0.25) is 0 Å². The molecule has 0 aromatic heterocycles. The number of ether oxygens (including phenoxy) is 1. The maximum Gasteiger partial charge on any atom is 0.413 e. The van der Waals surface area contributed by atoms with E-state index in [-0.39, 0.29) is 0 Å². The number of amides is 1. The van der Waals surface area contributed by atoms with E-state index >= 15 is 0 Å². The number of hydrogen-bond donors (Lipinski definition) is 2. The van der Waals surface area contributed by atoms with Gasteiger partial charge in [0.15, 0.2) is 0 Å². The molecule has 0 aliphatic heterocycles. The molecule has 5 nitrogen and oxygen atoms in total. The van der Waals surface area contributed by atoms with Crippen molar-refractivity contribution in [2.45, 2.75) is 44.6 Å². The van der Waals surface area contributed by atoms with Crippen molar-refractivity contribution in [2.75, 3.05) is 0 Å². The zero-order valence-corrected chi connectivity index (χ0v) is 12.2. The van der Waals surface area contributed by atoms with E-state index in [1.165, 1.54) is 0 Å². The predicted molar refractivity (Wildman–Crippen MR) is 78.2 cm³/mol. The Morgan fingerprint density at radius 3 is 2.43 bits per heavy atom. The van der Waals surface area contributed by atoms with E-state index in [2.05, 4.69) is 12.2 Å². The van der Waals surface area contributed by atoms with Crippen LogP contribution in [0.5, 0.6) is 5.75 Å². The van der Waals surface area contributed by atoms with Crippen molar-refractivity contribution in [3.63, 3.8) is 0 Å². The molecule has 1 fully saturated rings. The maximum absolute atomic E-state index is 11.9. The van der Waals surface area contributed by atoms with E-state index in [1.807, 2.05) is 6.07 Å². The molecule has 21 heavy (non-hydrogen) atoms. The highest BCUT2D eigenvalue weighted by molar-refractivity contribution is 5.85. The molecule has 0 heterocycles. The number of carboxylic acid groups (broad SMARTS) is 1. The van der Waals surface area contributed by atoms with Crippen LogP contribution in [0.15, 0.2) is 30.3 Å². The van der Waals surface area contributed by atoms with Gasteiger partial charge < -0.3 is 15.2 Å².